The maximum Gasteiger partial charge on any atom is 0.253 e. The van der Waals surface area contributed by atoms with Gasteiger partial charge in [-0.2, -0.15) is 0 Å². The summed E-state index contributed by atoms with van der Waals surface area (Å²) in [6, 6.07) is 12.8. The van der Waals surface area contributed by atoms with Crippen LogP contribution in [0.25, 0.3) is 0 Å². The van der Waals surface area contributed by atoms with Crippen LogP contribution < -0.4 is 4.74 Å². The fourth-order valence-corrected chi connectivity index (χ4v) is 4.64. The first-order chi connectivity index (χ1) is 15.9. The summed E-state index contributed by atoms with van der Waals surface area (Å²) in [5.41, 5.74) is -0.236. The zero-order chi connectivity index (χ0) is 23.3. The van der Waals surface area contributed by atoms with Gasteiger partial charge in [-0.05, 0) is 55.3 Å². The van der Waals surface area contributed by atoms with E-state index in [2.05, 4.69) is 0 Å². The van der Waals surface area contributed by atoms with Crippen LogP contribution in [-0.2, 0) is 9.53 Å². The van der Waals surface area contributed by atoms with Gasteiger partial charge in [0.1, 0.15) is 11.6 Å². The van der Waals surface area contributed by atoms with Gasteiger partial charge in [0.05, 0.1) is 19.8 Å². The molecule has 0 saturated carbocycles. The fourth-order valence-electron chi connectivity index (χ4n) is 4.51. The summed E-state index contributed by atoms with van der Waals surface area (Å²) >= 11 is 5.98. The number of piperidine rings is 1. The average Bonchev–Trinajstić information content (AvgIpc) is 2.84. The van der Waals surface area contributed by atoms with Gasteiger partial charge in [-0.1, -0.05) is 17.7 Å². The molecule has 2 amide bonds. The molecule has 33 heavy (non-hydrogen) atoms. The summed E-state index contributed by atoms with van der Waals surface area (Å²) in [7, 11) is 0. The third kappa shape index (κ3) is 6.03. The molecule has 2 aliphatic rings. The van der Waals surface area contributed by atoms with E-state index in [0.717, 1.165) is 12.8 Å². The number of ether oxygens (including phenoxy) is 2. The molecule has 0 aliphatic carbocycles. The molecule has 8 heteroatoms. The van der Waals surface area contributed by atoms with Gasteiger partial charge >= 0.3 is 0 Å². The first-order valence-corrected chi connectivity index (χ1v) is 11.6. The monoisotopic (exact) mass is 474 g/mol. The van der Waals surface area contributed by atoms with Crippen LogP contribution in [0.1, 0.15) is 29.6 Å². The van der Waals surface area contributed by atoms with Gasteiger partial charge in [-0.3, -0.25) is 9.59 Å². The number of benzene rings is 2. The van der Waals surface area contributed by atoms with Crippen LogP contribution in [0, 0.1) is 11.2 Å². The van der Waals surface area contributed by atoms with Gasteiger partial charge < -0.3 is 19.3 Å². The topological polar surface area (TPSA) is 59.1 Å². The lowest BCUT2D eigenvalue weighted by molar-refractivity contribution is -0.139. The lowest BCUT2D eigenvalue weighted by atomic mass is 9.77. The number of carbonyl (C=O) groups is 2. The van der Waals surface area contributed by atoms with Crippen molar-refractivity contribution in [2.24, 2.45) is 5.41 Å². The van der Waals surface area contributed by atoms with E-state index in [-0.39, 0.29) is 24.8 Å². The van der Waals surface area contributed by atoms with Gasteiger partial charge in [0.25, 0.3) is 5.91 Å². The molecule has 2 aromatic rings. The van der Waals surface area contributed by atoms with Crippen molar-refractivity contribution in [3.63, 3.8) is 0 Å². The number of likely N-dealkylation sites (tertiary alicyclic amines) is 1. The predicted molar refractivity (Wildman–Crippen MR) is 123 cm³/mol. The first kappa shape index (κ1) is 23.5. The second kappa shape index (κ2) is 10.5. The standard InChI is InChI=1S/C25H28ClFN2O4/c26-20-5-7-22(8-6-20)33-18-25(16-23(30)28-11-13-32-14-12-28)9-2-10-29(17-25)24(31)19-3-1-4-21(27)15-19/h1,3-8,15H,2,9-14,16-18H2/t25-/m0/s1. The molecule has 4 rings (SSSR count). The zero-order valence-corrected chi connectivity index (χ0v) is 19.2. The lowest BCUT2D eigenvalue weighted by Crippen LogP contribution is -2.52. The highest BCUT2D eigenvalue weighted by Gasteiger charge is 2.41. The molecule has 6 nitrogen and oxygen atoms in total. The third-order valence-electron chi connectivity index (χ3n) is 6.27. The number of rotatable bonds is 6. The summed E-state index contributed by atoms with van der Waals surface area (Å²) in [6.45, 7) is 3.42. The second-order valence-corrected chi connectivity index (χ2v) is 9.19. The minimum Gasteiger partial charge on any atom is -0.493 e. The maximum absolute atomic E-state index is 13.7. The third-order valence-corrected chi connectivity index (χ3v) is 6.52. The van der Waals surface area contributed by atoms with E-state index in [0.29, 0.717) is 55.7 Å². The summed E-state index contributed by atoms with van der Waals surface area (Å²) < 4.78 is 25.2. The highest BCUT2D eigenvalue weighted by atomic mass is 35.5. The summed E-state index contributed by atoms with van der Waals surface area (Å²) in [5.74, 6) is 0.0193. The van der Waals surface area contributed by atoms with Crippen molar-refractivity contribution in [3.05, 3.63) is 64.9 Å². The van der Waals surface area contributed by atoms with Crippen LogP contribution in [0.15, 0.2) is 48.5 Å². The Morgan fingerprint density at radius 3 is 2.55 bits per heavy atom. The smallest absolute Gasteiger partial charge is 0.253 e. The molecule has 0 bridgehead atoms. The number of amides is 2. The fraction of sp³-hybridized carbons (Fsp3) is 0.440. The number of morpholine rings is 1. The first-order valence-electron chi connectivity index (χ1n) is 11.2. The number of carbonyl (C=O) groups excluding carboxylic acids is 2. The Balaban J connectivity index is 1.53. The van der Waals surface area contributed by atoms with E-state index in [4.69, 9.17) is 21.1 Å². The SMILES string of the molecule is O=C(C[C@@]1(COc2ccc(Cl)cc2)CCCN(C(=O)c2cccc(F)c2)C1)N1CCOCC1. The number of nitrogens with zero attached hydrogens (tertiary/aromatic N) is 2. The molecule has 0 N–H and O–H groups in total. The Labute approximate surface area is 198 Å². The van der Waals surface area contributed by atoms with Crippen molar-refractivity contribution < 1.29 is 23.5 Å². The van der Waals surface area contributed by atoms with Crippen molar-refractivity contribution >= 4 is 23.4 Å². The second-order valence-electron chi connectivity index (χ2n) is 8.75. The molecule has 2 fully saturated rings. The number of hydrogen-bond acceptors (Lipinski definition) is 4. The van der Waals surface area contributed by atoms with Gasteiger partial charge in [-0.15, -0.1) is 0 Å². The normalized spacial score (nSPS) is 21.0. The zero-order valence-electron chi connectivity index (χ0n) is 18.5. The molecule has 0 aromatic heterocycles. The Morgan fingerprint density at radius 1 is 1.06 bits per heavy atom. The molecule has 0 unspecified atom stereocenters. The minimum absolute atomic E-state index is 0.0399. The van der Waals surface area contributed by atoms with Gasteiger partial charge in [0.15, 0.2) is 0 Å². The van der Waals surface area contributed by atoms with Crippen molar-refractivity contribution in [2.75, 3.05) is 46.0 Å². The van der Waals surface area contributed by atoms with E-state index in [1.54, 1.807) is 35.2 Å². The van der Waals surface area contributed by atoms with E-state index in [9.17, 15) is 14.0 Å². The van der Waals surface area contributed by atoms with Crippen molar-refractivity contribution in [3.8, 4) is 5.75 Å². The van der Waals surface area contributed by atoms with Crippen LogP contribution >= 0.6 is 11.6 Å². The Hall–Kier alpha value is -2.64. The summed E-state index contributed by atoms with van der Waals surface area (Å²) in [5, 5.41) is 0.615. The average molecular weight is 475 g/mol. The summed E-state index contributed by atoms with van der Waals surface area (Å²) in [6.07, 6.45) is 1.76. The van der Waals surface area contributed by atoms with Crippen LogP contribution in [0.5, 0.6) is 5.75 Å². The van der Waals surface area contributed by atoms with Crippen molar-refractivity contribution in [1.82, 2.24) is 9.80 Å². The molecule has 2 heterocycles. The van der Waals surface area contributed by atoms with E-state index >= 15 is 0 Å². The largest absolute Gasteiger partial charge is 0.493 e. The predicted octanol–water partition coefficient (Wildman–Crippen LogP) is 4.03. The quantitative estimate of drug-likeness (QED) is 0.634. The molecule has 1 atom stereocenters. The van der Waals surface area contributed by atoms with Crippen molar-refractivity contribution in [2.45, 2.75) is 19.3 Å². The molecule has 176 valence electrons. The minimum atomic E-state index is -0.545. The molecule has 0 radical (unpaired) electrons. The van der Waals surface area contributed by atoms with Gasteiger partial charge in [-0.25, -0.2) is 4.39 Å². The van der Waals surface area contributed by atoms with Crippen molar-refractivity contribution in [1.29, 1.82) is 0 Å². The highest BCUT2D eigenvalue weighted by Crippen LogP contribution is 2.36. The molecule has 2 saturated heterocycles. The molecular weight excluding hydrogens is 447 g/mol. The molecule has 2 aromatic carbocycles. The molecule has 2 aliphatic heterocycles. The molecular formula is C25H28ClFN2O4. The van der Waals surface area contributed by atoms with E-state index < -0.39 is 11.2 Å². The van der Waals surface area contributed by atoms with Crippen LogP contribution in [0.2, 0.25) is 5.02 Å². The van der Waals surface area contributed by atoms with E-state index in [1.807, 2.05) is 4.90 Å². The lowest BCUT2D eigenvalue weighted by Gasteiger charge is -2.43. The molecule has 0 spiro atoms. The van der Waals surface area contributed by atoms with Crippen LogP contribution in [0.4, 0.5) is 4.39 Å². The van der Waals surface area contributed by atoms with E-state index in [1.165, 1.54) is 18.2 Å². The summed E-state index contributed by atoms with van der Waals surface area (Å²) in [4.78, 5) is 29.8. The highest BCUT2D eigenvalue weighted by molar-refractivity contribution is 6.30. The Morgan fingerprint density at radius 2 is 1.82 bits per heavy atom. The Bertz CT molecular complexity index is 981. The van der Waals surface area contributed by atoms with Gasteiger partial charge in [0, 0.05) is 48.6 Å². The maximum atomic E-state index is 13.7. The van der Waals surface area contributed by atoms with Crippen LogP contribution in [0.3, 0.4) is 0 Å². The number of hydrogen-bond donors (Lipinski definition) is 0. The number of halogens is 2. The van der Waals surface area contributed by atoms with Crippen LogP contribution in [-0.4, -0.2) is 67.6 Å². The van der Waals surface area contributed by atoms with Gasteiger partial charge in [0.2, 0.25) is 5.91 Å². The Kier molecular flexibility index (Phi) is 7.50.